The molecule has 1 spiro atoms. The molecule has 5 amide bonds. The summed E-state index contributed by atoms with van der Waals surface area (Å²) in [7, 11) is 0. The van der Waals surface area contributed by atoms with Crippen molar-refractivity contribution in [2.75, 3.05) is 65.0 Å². The molecule has 7 heterocycles. The molecule has 18 nitrogen and oxygen atoms in total. The van der Waals surface area contributed by atoms with Gasteiger partial charge in [-0.15, -0.1) is 5.10 Å². The molecule has 5 N–H and O–H groups in total. The maximum Gasteiger partial charge on any atom is 0.354 e. The number of unbranched alkanes of at least 4 members (excludes halogenated alkanes) is 2. The number of pyridine rings is 2. The Labute approximate surface area is 393 Å². The highest BCUT2D eigenvalue weighted by atomic mass is 16.4. The molecule has 3 atom stereocenters. The number of rotatable bonds is 15. The van der Waals surface area contributed by atoms with Crippen molar-refractivity contribution < 1.29 is 33.9 Å². The van der Waals surface area contributed by atoms with E-state index in [9.17, 15) is 33.9 Å². The van der Waals surface area contributed by atoms with Crippen molar-refractivity contribution in [2.24, 2.45) is 5.41 Å². The molecule has 1 unspecified atom stereocenters. The number of likely N-dealkylation sites (tertiary alicyclic amines) is 1. The van der Waals surface area contributed by atoms with Crippen molar-refractivity contribution in [3.8, 4) is 0 Å². The molecule has 18 heteroatoms. The normalized spacial score (nSPS) is 21.4. The van der Waals surface area contributed by atoms with Crippen molar-refractivity contribution in [3.05, 3.63) is 102 Å². The minimum absolute atomic E-state index is 0.0372. The number of fused-ring (bicyclic) bond motifs is 1. The number of imide groups is 1. The molecule has 0 saturated carbocycles. The number of aromatic carboxylic acids is 1. The number of carbonyl (C=O) groups excluding carboxylic acids is 5. The molecular formula is C50H57N11O7. The van der Waals surface area contributed by atoms with Crippen LogP contribution < -0.4 is 31.1 Å². The van der Waals surface area contributed by atoms with Crippen LogP contribution >= 0.6 is 0 Å². The van der Waals surface area contributed by atoms with Crippen LogP contribution in [0.4, 0.5) is 28.6 Å². The fourth-order valence-corrected chi connectivity index (χ4v) is 10.1. The number of nitrogens with one attached hydrogen (secondary N) is 4. The lowest BCUT2D eigenvalue weighted by molar-refractivity contribution is -0.133. The fraction of sp³-hybridized carbons (Fsp3) is 0.420. The van der Waals surface area contributed by atoms with E-state index in [1.165, 1.54) is 11.6 Å². The van der Waals surface area contributed by atoms with E-state index in [2.05, 4.69) is 68.4 Å². The van der Waals surface area contributed by atoms with Crippen molar-refractivity contribution in [1.29, 1.82) is 0 Å². The van der Waals surface area contributed by atoms with Crippen molar-refractivity contribution in [1.82, 2.24) is 29.8 Å². The second-order valence-corrected chi connectivity index (χ2v) is 19.1. The largest absolute Gasteiger partial charge is 0.477 e. The van der Waals surface area contributed by atoms with Gasteiger partial charge in [0.2, 0.25) is 29.5 Å². The number of nitrogens with zero attached hydrogens (tertiary/aromatic N) is 7. The third kappa shape index (κ3) is 10.1. The number of hydrogen-bond donors (Lipinski definition) is 5. The molecular weight excluding hydrogens is 867 g/mol. The molecule has 2 aromatic carbocycles. The van der Waals surface area contributed by atoms with Crippen LogP contribution in [-0.2, 0) is 24.6 Å². The number of aromatic nitrogens is 4. The highest BCUT2D eigenvalue weighted by Crippen LogP contribution is 2.42. The number of hydrogen-bond acceptors (Lipinski definition) is 12. The van der Waals surface area contributed by atoms with Gasteiger partial charge in [-0.2, -0.15) is 0 Å². The third-order valence-electron chi connectivity index (χ3n) is 13.9. The Balaban J connectivity index is 0.749. The molecule has 5 aromatic rings. The van der Waals surface area contributed by atoms with Crippen molar-refractivity contribution in [3.63, 3.8) is 0 Å². The molecule has 68 heavy (non-hydrogen) atoms. The quantitative estimate of drug-likeness (QED) is 0.0621. The van der Waals surface area contributed by atoms with Crippen LogP contribution in [0.3, 0.4) is 0 Å². The molecule has 4 fully saturated rings. The summed E-state index contributed by atoms with van der Waals surface area (Å²) in [5.74, 6) is -1.95. The number of aryl methyl sites for hydroxylation is 1. The first kappa shape index (κ1) is 45.8. The average molecular weight is 924 g/mol. The van der Waals surface area contributed by atoms with E-state index >= 15 is 0 Å². The second-order valence-electron chi connectivity index (χ2n) is 19.1. The highest BCUT2D eigenvalue weighted by Gasteiger charge is 2.46. The molecule has 0 radical (unpaired) electrons. The fourth-order valence-electron chi connectivity index (χ4n) is 10.1. The van der Waals surface area contributed by atoms with Crippen LogP contribution in [0.25, 0.3) is 5.65 Å². The van der Waals surface area contributed by atoms with Gasteiger partial charge in [-0.3, -0.25) is 29.3 Å². The van der Waals surface area contributed by atoms with E-state index < -0.39 is 12.0 Å². The van der Waals surface area contributed by atoms with E-state index in [0.717, 1.165) is 43.6 Å². The minimum atomic E-state index is -1.21. The van der Waals surface area contributed by atoms with Crippen LogP contribution in [-0.4, -0.2) is 110 Å². The predicted molar refractivity (Wildman–Crippen MR) is 256 cm³/mol. The highest BCUT2D eigenvalue weighted by molar-refractivity contribution is 6.01. The summed E-state index contributed by atoms with van der Waals surface area (Å²) < 4.78 is 1.73. The summed E-state index contributed by atoms with van der Waals surface area (Å²) in [6.45, 7) is 8.34. The predicted octanol–water partition coefficient (Wildman–Crippen LogP) is 5.79. The summed E-state index contributed by atoms with van der Waals surface area (Å²) in [6, 6.07) is 22.3. The standard InChI is InChI=1S/C50H57N11O7/c1-32-24-37(58-21-18-49(2,29-58)33-10-5-3-6-11-33)28-61-45(32)56-44(57-61)47(66)60-23-20-50(31-60)19-22-59(30-50)40-27-36(26-39(54-40)48(67)68)53-42(63)15-8-4-7-14-41(62)52-35-13-9-12-34(25-35)51-38-16-17-43(64)55-46(38)65/h3,5-6,9-13,24-28,38,51H,4,7-8,14-23,29-31H2,1-2H3,(H,52,62)(H,67,68)(H,53,54,63)(H,55,64,65)/t38?,49-,50+/m0/s1. The van der Waals surface area contributed by atoms with Gasteiger partial charge >= 0.3 is 5.97 Å². The van der Waals surface area contributed by atoms with Crippen LogP contribution in [0.2, 0.25) is 0 Å². The summed E-state index contributed by atoms with van der Waals surface area (Å²) in [4.78, 5) is 90.8. The van der Waals surface area contributed by atoms with Crippen molar-refractivity contribution in [2.45, 2.75) is 89.5 Å². The van der Waals surface area contributed by atoms with Gasteiger partial charge in [-0.05, 0) is 86.9 Å². The topological polar surface area (TPSA) is 224 Å². The van der Waals surface area contributed by atoms with E-state index in [1.807, 2.05) is 29.0 Å². The lowest BCUT2D eigenvalue weighted by Crippen LogP contribution is -2.47. The Morgan fingerprint density at radius 3 is 2.29 bits per heavy atom. The third-order valence-corrected chi connectivity index (χ3v) is 13.9. The lowest BCUT2D eigenvalue weighted by Gasteiger charge is -2.26. The Kier molecular flexibility index (Phi) is 12.8. The maximum absolute atomic E-state index is 14.0. The Morgan fingerprint density at radius 2 is 1.53 bits per heavy atom. The number of carboxylic acid groups (broad SMARTS) is 1. The van der Waals surface area contributed by atoms with Gasteiger partial charge in [0, 0.05) is 92.5 Å². The van der Waals surface area contributed by atoms with Crippen LogP contribution in [0.5, 0.6) is 0 Å². The molecule has 0 aliphatic carbocycles. The van der Waals surface area contributed by atoms with Crippen molar-refractivity contribution >= 4 is 69.7 Å². The Hall–Kier alpha value is -7.37. The number of amides is 5. The summed E-state index contributed by atoms with van der Waals surface area (Å²) in [5, 5.41) is 25.8. The number of carboxylic acids is 1. The zero-order valence-corrected chi connectivity index (χ0v) is 38.4. The zero-order valence-electron chi connectivity index (χ0n) is 38.4. The molecule has 4 saturated heterocycles. The molecule has 3 aromatic heterocycles. The average Bonchev–Trinajstić information content (AvgIpc) is 4.14. The monoisotopic (exact) mass is 923 g/mol. The number of piperidine rings is 1. The van der Waals surface area contributed by atoms with E-state index in [0.29, 0.717) is 80.4 Å². The van der Waals surface area contributed by atoms with Gasteiger partial charge in [-0.25, -0.2) is 19.3 Å². The molecule has 9 rings (SSSR count). The smallest absolute Gasteiger partial charge is 0.354 e. The van der Waals surface area contributed by atoms with E-state index in [1.54, 1.807) is 34.8 Å². The van der Waals surface area contributed by atoms with Gasteiger partial charge in [0.15, 0.2) is 11.3 Å². The number of anilines is 5. The van der Waals surface area contributed by atoms with Crippen LogP contribution in [0.1, 0.15) is 103 Å². The second kappa shape index (κ2) is 19.1. The SMILES string of the molecule is Cc1cc(N2CC[C@](C)(c3ccccc3)C2)cn2nc(C(=O)N3CC[C@@]4(CCN(c5cc(NC(=O)CCCCCC(=O)Nc6cccc(NC7CCC(=O)NC7=O)c6)cc(C(=O)O)n5)C4)C3)nc12. The van der Waals surface area contributed by atoms with Gasteiger partial charge in [0.05, 0.1) is 11.9 Å². The minimum Gasteiger partial charge on any atom is -0.477 e. The van der Waals surface area contributed by atoms with Gasteiger partial charge < -0.3 is 35.8 Å². The Morgan fingerprint density at radius 1 is 0.794 bits per heavy atom. The summed E-state index contributed by atoms with van der Waals surface area (Å²) in [6.07, 6.45) is 7.33. The van der Waals surface area contributed by atoms with Gasteiger partial charge in [0.25, 0.3) is 5.91 Å². The number of carbonyl (C=O) groups is 6. The number of benzene rings is 2. The molecule has 4 aliphatic heterocycles. The molecule has 4 aliphatic rings. The molecule has 0 bridgehead atoms. The van der Waals surface area contributed by atoms with Gasteiger partial charge in [0.1, 0.15) is 11.9 Å². The first-order valence-corrected chi connectivity index (χ1v) is 23.5. The zero-order chi connectivity index (χ0) is 47.6. The summed E-state index contributed by atoms with van der Waals surface area (Å²) in [5.41, 5.74) is 5.15. The Bertz CT molecular complexity index is 2780. The lowest BCUT2D eigenvalue weighted by atomic mass is 9.82. The van der Waals surface area contributed by atoms with Gasteiger partial charge in [-0.1, -0.05) is 49.7 Å². The first-order valence-electron chi connectivity index (χ1n) is 23.5. The van der Waals surface area contributed by atoms with Crippen LogP contribution in [0.15, 0.2) is 79.0 Å². The maximum atomic E-state index is 14.0. The first-order chi connectivity index (χ1) is 32.7. The molecule has 354 valence electrons. The van der Waals surface area contributed by atoms with Crippen LogP contribution in [0, 0.1) is 12.3 Å². The van der Waals surface area contributed by atoms with E-state index in [-0.39, 0.29) is 71.1 Å². The summed E-state index contributed by atoms with van der Waals surface area (Å²) >= 11 is 0. The van der Waals surface area contributed by atoms with E-state index in [4.69, 9.17) is 10.1 Å².